The van der Waals surface area contributed by atoms with Crippen molar-refractivity contribution in [3.63, 3.8) is 0 Å². The van der Waals surface area contributed by atoms with Gasteiger partial charge in [0.25, 0.3) is 0 Å². The third kappa shape index (κ3) is 1.38. The summed E-state index contributed by atoms with van der Waals surface area (Å²) >= 11 is 0. The third-order valence-electron chi connectivity index (χ3n) is 2.28. The number of epoxide rings is 1. The lowest BCUT2D eigenvalue weighted by Gasteiger charge is -2.24. The Bertz CT molecular complexity index is 174. The Morgan fingerprint density at radius 2 is 2.18 bits per heavy atom. The van der Waals surface area contributed by atoms with Crippen molar-refractivity contribution in [2.75, 3.05) is 0 Å². The molecule has 2 aliphatic rings. The van der Waals surface area contributed by atoms with Gasteiger partial charge in [-0.1, -0.05) is 0 Å². The molecule has 2 unspecified atom stereocenters. The van der Waals surface area contributed by atoms with Crippen molar-refractivity contribution in [2.45, 2.75) is 44.5 Å². The number of hydrogen-bond acceptors (Lipinski definition) is 3. The summed E-state index contributed by atoms with van der Waals surface area (Å²) in [7, 11) is 0. The smallest absolute Gasteiger partial charge is 0.338 e. The first-order valence-corrected chi connectivity index (χ1v) is 4.13. The zero-order valence-electron chi connectivity index (χ0n) is 6.58. The maximum absolute atomic E-state index is 11.1. The van der Waals surface area contributed by atoms with Crippen molar-refractivity contribution in [3.8, 4) is 0 Å². The van der Waals surface area contributed by atoms with E-state index in [0.717, 1.165) is 12.8 Å². The number of hydrogen-bond donors (Lipinski definition) is 0. The molecule has 3 nitrogen and oxygen atoms in total. The van der Waals surface area contributed by atoms with E-state index < -0.39 is 0 Å². The number of rotatable bonds is 2. The molecule has 2 atom stereocenters. The predicted molar refractivity (Wildman–Crippen MR) is 38.1 cm³/mol. The zero-order chi connectivity index (χ0) is 7.84. The number of carbonyl (C=O) groups is 1. The van der Waals surface area contributed by atoms with Gasteiger partial charge in [0.2, 0.25) is 0 Å². The number of ether oxygens (including phenoxy) is 2. The van der Waals surface area contributed by atoms with Gasteiger partial charge < -0.3 is 9.47 Å². The lowest BCUT2D eigenvalue weighted by Crippen LogP contribution is -2.27. The Balaban J connectivity index is 1.73. The molecule has 0 aromatic carbocycles. The first-order valence-electron chi connectivity index (χ1n) is 4.13. The first kappa shape index (κ1) is 7.10. The van der Waals surface area contributed by atoms with Gasteiger partial charge in [-0.2, -0.15) is 0 Å². The fraction of sp³-hybridized carbons (Fsp3) is 0.875. The molecule has 0 aromatic rings. The Morgan fingerprint density at radius 1 is 1.55 bits per heavy atom. The summed E-state index contributed by atoms with van der Waals surface area (Å²) in [6, 6.07) is 0. The van der Waals surface area contributed by atoms with Crippen LogP contribution in [0.15, 0.2) is 0 Å². The molecular formula is C8H12O3. The Labute approximate surface area is 65.7 Å². The largest absolute Gasteiger partial charge is 0.460 e. The van der Waals surface area contributed by atoms with E-state index in [2.05, 4.69) is 0 Å². The monoisotopic (exact) mass is 156 g/mol. The fourth-order valence-electron chi connectivity index (χ4n) is 1.15. The summed E-state index contributed by atoms with van der Waals surface area (Å²) in [5.74, 6) is -0.165. The third-order valence-corrected chi connectivity index (χ3v) is 2.28. The van der Waals surface area contributed by atoms with Gasteiger partial charge >= 0.3 is 5.97 Å². The molecule has 11 heavy (non-hydrogen) atoms. The molecule has 0 N–H and O–H groups in total. The van der Waals surface area contributed by atoms with Crippen molar-refractivity contribution in [1.29, 1.82) is 0 Å². The minimum absolute atomic E-state index is 0.0857. The normalized spacial score (nSPS) is 36.1. The molecule has 2 fully saturated rings. The predicted octanol–water partition coefficient (Wildman–Crippen LogP) is 0.869. The van der Waals surface area contributed by atoms with E-state index in [1.54, 1.807) is 0 Å². The maximum Gasteiger partial charge on any atom is 0.338 e. The highest BCUT2D eigenvalue weighted by molar-refractivity contribution is 5.78. The lowest BCUT2D eigenvalue weighted by atomic mass is 9.96. The van der Waals surface area contributed by atoms with E-state index in [0.29, 0.717) is 0 Å². The van der Waals surface area contributed by atoms with Crippen LogP contribution < -0.4 is 0 Å². The highest BCUT2D eigenvalue weighted by atomic mass is 16.6. The second-order valence-electron chi connectivity index (χ2n) is 3.25. The number of carbonyl (C=O) groups excluding carboxylic acids is 1. The van der Waals surface area contributed by atoms with E-state index in [9.17, 15) is 4.79 Å². The summed E-state index contributed by atoms with van der Waals surface area (Å²) in [5, 5.41) is 0. The van der Waals surface area contributed by atoms with Crippen LogP contribution in [0.4, 0.5) is 0 Å². The lowest BCUT2D eigenvalue weighted by molar-refractivity contribution is -0.154. The summed E-state index contributed by atoms with van der Waals surface area (Å²) < 4.78 is 10.1. The quantitative estimate of drug-likeness (QED) is 0.440. The Hall–Kier alpha value is -0.570. The average Bonchev–Trinajstić information content (AvgIpc) is 2.57. The van der Waals surface area contributed by atoms with Crippen molar-refractivity contribution >= 4 is 5.97 Å². The summed E-state index contributed by atoms with van der Waals surface area (Å²) in [4.78, 5) is 11.1. The van der Waals surface area contributed by atoms with Crippen LogP contribution in [0.1, 0.15) is 26.2 Å². The summed E-state index contributed by atoms with van der Waals surface area (Å²) in [5.41, 5.74) is 0. The molecule has 0 radical (unpaired) electrons. The van der Waals surface area contributed by atoms with Crippen molar-refractivity contribution in [2.24, 2.45) is 0 Å². The Kier molecular flexibility index (Phi) is 1.60. The molecule has 0 spiro atoms. The minimum atomic E-state index is -0.254. The van der Waals surface area contributed by atoms with E-state index >= 15 is 0 Å². The SMILES string of the molecule is CC1OC1C(=O)OC1CCC1. The van der Waals surface area contributed by atoms with Crippen LogP contribution in [0.2, 0.25) is 0 Å². The van der Waals surface area contributed by atoms with Crippen molar-refractivity contribution < 1.29 is 14.3 Å². The van der Waals surface area contributed by atoms with E-state index in [-0.39, 0.29) is 24.3 Å². The molecule has 1 aliphatic carbocycles. The zero-order valence-corrected chi connectivity index (χ0v) is 6.58. The molecular weight excluding hydrogens is 144 g/mol. The van der Waals surface area contributed by atoms with Crippen LogP contribution in [0, 0.1) is 0 Å². The average molecular weight is 156 g/mol. The van der Waals surface area contributed by atoms with Crippen LogP contribution in [0.3, 0.4) is 0 Å². The van der Waals surface area contributed by atoms with E-state index in [1.165, 1.54) is 6.42 Å². The molecule has 1 saturated carbocycles. The van der Waals surface area contributed by atoms with Gasteiger partial charge in [-0.15, -0.1) is 0 Å². The standard InChI is InChI=1S/C8H12O3/c1-5-7(10-5)8(9)11-6-3-2-4-6/h5-7H,2-4H2,1H3. The van der Waals surface area contributed by atoms with Gasteiger partial charge in [0.15, 0.2) is 6.10 Å². The minimum Gasteiger partial charge on any atom is -0.460 e. The van der Waals surface area contributed by atoms with Gasteiger partial charge in [0.05, 0.1) is 6.10 Å². The van der Waals surface area contributed by atoms with Gasteiger partial charge in [-0.3, -0.25) is 0 Å². The van der Waals surface area contributed by atoms with Crippen LogP contribution >= 0.6 is 0 Å². The number of esters is 1. The van der Waals surface area contributed by atoms with Crippen LogP contribution in [0.25, 0.3) is 0 Å². The summed E-state index contributed by atoms with van der Waals surface area (Å²) in [6.45, 7) is 1.88. The maximum atomic E-state index is 11.1. The van der Waals surface area contributed by atoms with E-state index in [4.69, 9.17) is 9.47 Å². The van der Waals surface area contributed by atoms with Gasteiger partial charge in [0, 0.05) is 0 Å². The fourth-order valence-corrected chi connectivity index (χ4v) is 1.15. The van der Waals surface area contributed by atoms with Crippen LogP contribution in [0.5, 0.6) is 0 Å². The van der Waals surface area contributed by atoms with Gasteiger partial charge in [-0.25, -0.2) is 4.79 Å². The molecule has 3 heteroatoms. The van der Waals surface area contributed by atoms with Gasteiger partial charge in [-0.05, 0) is 26.2 Å². The molecule has 1 aliphatic heterocycles. The first-order chi connectivity index (χ1) is 5.27. The van der Waals surface area contributed by atoms with Crippen LogP contribution in [-0.4, -0.2) is 24.3 Å². The van der Waals surface area contributed by atoms with Crippen LogP contribution in [-0.2, 0) is 14.3 Å². The van der Waals surface area contributed by atoms with Gasteiger partial charge in [0.1, 0.15) is 6.10 Å². The molecule has 2 rings (SSSR count). The Morgan fingerprint density at radius 3 is 2.55 bits per heavy atom. The second kappa shape index (κ2) is 2.48. The highest BCUT2D eigenvalue weighted by Gasteiger charge is 2.43. The van der Waals surface area contributed by atoms with Crippen molar-refractivity contribution in [3.05, 3.63) is 0 Å². The molecule has 0 bridgehead atoms. The van der Waals surface area contributed by atoms with Crippen molar-refractivity contribution in [1.82, 2.24) is 0 Å². The second-order valence-corrected chi connectivity index (χ2v) is 3.25. The summed E-state index contributed by atoms with van der Waals surface area (Å²) in [6.07, 6.45) is 3.29. The molecule has 62 valence electrons. The molecule has 1 heterocycles. The highest BCUT2D eigenvalue weighted by Crippen LogP contribution is 2.27. The van der Waals surface area contributed by atoms with E-state index in [1.807, 2.05) is 6.92 Å². The molecule has 0 aromatic heterocycles. The topological polar surface area (TPSA) is 38.8 Å². The molecule has 0 amide bonds. The molecule has 1 saturated heterocycles.